The highest BCUT2D eigenvalue weighted by molar-refractivity contribution is 7.71. The fraction of sp³-hybridized carbons (Fsp3) is 0.438. The molecule has 1 aromatic heterocycles. The largest absolute Gasteiger partial charge is 0.372 e. The van der Waals surface area contributed by atoms with Crippen LogP contribution >= 0.6 is 12.2 Å². The second-order valence-corrected chi connectivity index (χ2v) is 6.11. The lowest BCUT2D eigenvalue weighted by atomic mass is 10.1. The Morgan fingerprint density at radius 1 is 1.05 bits per heavy atom. The number of aromatic nitrogens is 2. The molecule has 1 aliphatic rings. The first-order valence-electron chi connectivity index (χ1n) is 7.32. The number of rotatable bonds is 3. The Kier molecular flexibility index (Phi) is 3.66. The van der Waals surface area contributed by atoms with Crippen LogP contribution < -0.4 is 4.90 Å². The van der Waals surface area contributed by atoms with E-state index in [1.165, 1.54) is 37.3 Å². The standard InChI is InChI=1S/C16H21N3S/c1-12(2)15-11-17-16(20)19(15)14-7-5-13(6-8-14)18-9-3-4-10-18/h5-8,11-12H,3-4,9-10H2,1-2H3,(H,17,20). The first-order valence-corrected chi connectivity index (χ1v) is 7.73. The van der Waals surface area contributed by atoms with Gasteiger partial charge in [0.1, 0.15) is 0 Å². The summed E-state index contributed by atoms with van der Waals surface area (Å²) in [5.41, 5.74) is 3.69. The van der Waals surface area contributed by atoms with Crippen LogP contribution in [0.2, 0.25) is 0 Å². The smallest absolute Gasteiger partial charge is 0.182 e. The van der Waals surface area contributed by atoms with Crippen LogP contribution in [0.15, 0.2) is 30.5 Å². The lowest BCUT2D eigenvalue weighted by Gasteiger charge is -2.18. The highest BCUT2D eigenvalue weighted by Crippen LogP contribution is 2.24. The quantitative estimate of drug-likeness (QED) is 0.853. The van der Waals surface area contributed by atoms with Gasteiger partial charge in [0, 0.05) is 36.4 Å². The van der Waals surface area contributed by atoms with E-state index in [9.17, 15) is 0 Å². The van der Waals surface area contributed by atoms with Crippen molar-refractivity contribution in [2.75, 3.05) is 18.0 Å². The molecule has 0 saturated carbocycles. The molecule has 0 atom stereocenters. The van der Waals surface area contributed by atoms with E-state index < -0.39 is 0 Å². The van der Waals surface area contributed by atoms with E-state index in [2.05, 4.69) is 52.6 Å². The first-order chi connectivity index (χ1) is 9.66. The van der Waals surface area contributed by atoms with Crippen LogP contribution in [0.5, 0.6) is 0 Å². The number of H-pyrrole nitrogens is 1. The summed E-state index contributed by atoms with van der Waals surface area (Å²) in [4.78, 5) is 5.60. The van der Waals surface area contributed by atoms with Crippen molar-refractivity contribution in [2.24, 2.45) is 0 Å². The molecule has 20 heavy (non-hydrogen) atoms. The van der Waals surface area contributed by atoms with Crippen LogP contribution in [-0.2, 0) is 0 Å². The van der Waals surface area contributed by atoms with Gasteiger partial charge < -0.3 is 9.88 Å². The van der Waals surface area contributed by atoms with Gasteiger partial charge in [-0.1, -0.05) is 13.8 Å². The van der Waals surface area contributed by atoms with Gasteiger partial charge in [-0.25, -0.2) is 0 Å². The molecule has 0 radical (unpaired) electrons. The number of nitrogens with one attached hydrogen (secondary N) is 1. The van der Waals surface area contributed by atoms with Gasteiger partial charge >= 0.3 is 0 Å². The molecule has 4 heteroatoms. The van der Waals surface area contributed by atoms with E-state index in [1.807, 2.05) is 6.20 Å². The average Bonchev–Trinajstić information content (AvgIpc) is 3.08. The highest BCUT2D eigenvalue weighted by atomic mass is 32.1. The van der Waals surface area contributed by atoms with E-state index in [0.29, 0.717) is 5.92 Å². The zero-order chi connectivity index (χ0) is 14.1. The molecule has 2 heterocycles. The lowest BCUT2D eigenvalue weighted by molar-refractivity contribution is 0.783. The molecule has 1 aliphatic heterocycles. The zero-order valence-corrected chi connectivity index (χ0v) is 12.9. The maximum Gasteiger partial charge on any atom is 0.182 e. The van der Waals surface area contributed by atoms with Crippen molar-refractivity contribution in [3.8, 4) is 5.69 Å². The maximum absolute atomic E-state index is 5.41. The minimum absolute atomic E-state index is 0.446. The third kappa shape index (κ3) is 2.40. The molecule has 1 N–H and O–H groups in total. The van der Waals surface area contributed by atoms with Gasteiger partial charge in [-0.2, -0.15) is 0 Å². The zero-order valence-electron chi connectivity index (χ0n) is 12.1. The second kappa shape index (κ2) is 5.44. The van der Waals surface area contributed by atoms with Gasteiger partial charge in [-0.3, -0.25) is 4.57 Å². The Morgan fingerprint density at radius 2 is 1.65 bits per heavy atom. The second-order valence-electron chi connectivity index (χ2n) is 5.72. The van der Waals surface area contributed by atoms with Crippen LogP contribution in [-0.4, -0.2) is 22.6 Å². The predicted octanol–water partition coefficient (Wildman–Crippen LogP) is 4.26. The van der Waals surface area contributed by atoms with Gasteiger partial charge in [0.25, 0.3) is 0 Å². The number of aromatic amines is 1. The van der Waals surface area contributed by atoms with Crippen molar-refractivity contribution in [3.05, 3.63) is 40.9 Å². The van der Waals surface area contributed by atoms with Crippen molar-refractivity contribution in [2.45, 2.75) is 32.6 Å². The molecule has 1 fully saturated rings. The molecule has 1 saturated heterocycles. The third-order valence-corrected chi connectivity index (χ3v) is 4.28. The van der Waals surface area contributed by atoms with Crippen LogP contribution in [0.3, 0.4) is 0 Å². The number of nitrogens with zero attached hydrogens (tertiary/aromatic N) is 2. The molecule has 1 aromatic carbocycles. The maximum atomic E-state index is 5.41. The first kappa shape index (κ1) is 13.4. The van der Waals surface area contributed by atoms with Crippen LogP contribution in [0.4, 0.5) is 5.69 Å². The minimum Gasteiger partial charge on any atom is -0.372 e. The summed E-state index contributed by atoms with van der Waals surface area (Å²) in [6, 6.07) is 8.76. The molecule has 0 amide bonds. The SMILES string of the molecule is CC(C)c1c[nH]c(=S)n1-c1ccc(N2CCCC2)cc1. The Morgan fingerprint density at radius 3 is 2.25 bits per heavy atom. The number of hydrogen-bond donors (Lipinski definition) is 1. The number of benzene rings is 1. The van der Waals surface area contributed by atoms with Gasteiger partial charge in [-0.05, 0) is 55.2 Å². The molecule has 3 rings (SSSR count). The van der Waals surface area contributed by atoms with Crippen molar-refractivity contribution in [3.63, 3.8) is 0 Å². The number of hydrogen-bond acceptors (Lipinski definition) is 2. The Labute approximate surface area is 125 Å². The van der Waals surface area contributed by atoms with Gasteiger partial charge in [-0.15, -0.1) is 0 Å². The number of anilines is 1. The van der Waals surface area contributed by atoms with Gasteiger partial charge in [0.05, 0.1) is 0 Å². The van der Waals surface area contributed by atoms with Gasteiger partial charge in [0.2, 0.25) is 0 Å². The van der Waals surface area contributed by atoms with E-state index in [-0.39, 0.29) is 0 Å². The molecule has 0 aliphatic carbocycles. The fourth-order valence-corrected chi connectivity index (χ4v) is 3.13. The Hall–Kier alpha value is -1.55. The normalized spacial score (nSPS) is 15.2. The molecule has 106 valence electrons. The molecule has 3 nitrogen and oxygen atoms in total. The summed E-state index contributed by atoms with van der Waals surface area (Å²) in [6.45, 7) is 6.74. The summed E-state index contributed by atoms with van der Waals surface area (Å²) in [5, 5.41) is 0. The summed E-state index contributed by atoms with van der Waals surface area (Å²) in [6.07, 6.45) is 4.63. The topological polar surface area (TPSA) is 24.0 Å². The van der Waals surface area contributed by atoms with Crippen molar-refractivity contribution >= 4 is 17.9 Å². The van der Waals surface area contributed by atoms with E-state index >= 15 is 0 Å². The van der Waals surface area contributed by atoms with Crippen LogP contribution in [0, 0.1) is 4.77 Å². The highest BCUT2D eigenvalue weighted by Gasteiger charge is 2.13. The van der Waals surface area contributed by atoms with Crippen molar-refractivity contribution < 1.29 is 0 Å². The molecule has 0 bridgehead atoms. The minimum atomic E-state index is 0.446. The molecular formula is C16H21N3S. The lowest BCUT2D eigenvalue weighted by Crippen LogP contribution is -2.17. The molecule has 0 unspecified atom stereocenters. The molecule has 2 aromatic rings. The summed E-state index contributed by atoms with van der Waals surface area (Å²) >= 11 is 5.41. The predicted molar refractivity (Wildman–Crippen MR) is 86.5 cm³/mol. The summed E-state index contributed by atoms with van der Waals surface area (Å²) in [7, 11) is 0. The average molecular weight is 287 g/mol. The van der Waals surface area contributed by atoms with Crippen LogP contribution in [0.25, 0.3) is 5.69 Å². The van der Waals surface area contributed by atoms with E-state index in [0.717, 1.165) is 10.5 Å². The van der Waals surface area contributed by atoms with Crippen molar-refractivity contribution in [1.29, 1.82) is 0 Å². The Bertz CT molecular complexity index is 630. The fourth-order valence-electron chi connectivity index (χ4n) is 2.86. The monoisotopic (exact) mass is 287 g/mol. The summed E-state index contributed by atoms with van der Waals surface area (Å²) in [5.74, 6) is 0.446. The molecule has 0 spiro atoms. The van der Waals surface area contributed by atoms with Crippen molar-refractivity contribution in [1.82, 2.24) is 9.55 Å². The number of imidazole rings is 1. The van der Waals surface area contributed by atoms with Crippen LogP contribution in [0.1, 0.15) is 38.3 Å². The van der Waals surface area contributed by atoms with Gasteiger partial charge in [0.15, 0.2) is 4.77 Å². The third-order valence-electron chi connectivity index (χ3n) is 3.98. The van der Waals surface area contributed by atoms with E-state index in [4.69, 9.17) is 12.2 Å². The molecular weight excluding hydrogens is 266 g/mol. The Balaban J connectivity index is 1.95. The summed E-state index contributed by atoms with van der Waals surface area (Å²) < 4.78 is 2.90. The van der Waals surface area contributed by atoms with E-state index in [1.54, 1.807) is 0 Å².